The van der Waals surface area contributed by atoms with Gasteiger partial charge in [-0.2, -0.15) is 4.89 Å². The van der Waals surface area contributed by atoms with Crippen LogP contribution >= 0.6 is 0 Å². The minimum atomic E-state index is -1.47. The summed E-state index contributed by atoms with van der Waals surface area (Å²) in [5.74, 6) is -0.682. The molecule has 3 aromatic rings. The lowest BCUT2D eigenvalue weighted by Gasteiger charge is -2.10. The monoisotopic (exact) mass is 482 g/mol. The maximum atomic E-state index is 12.4. The number of benzene rings is 3. The molecule has 35 heavy (non-hydrogen) atoms. The molecule has 0 aliphatic heterocycles. The molecule has 0 amide bonds. The summed E-state index contributed by atoms with van der Waals surface area (Å²) in [4.78, 5) is 54.9. The summed E-state index contributed by atoms with van der Waals surface area (Å²) in [5.41, 5.74) is 0.899. The molecule has 11 heteroatoms. The Balaban J connectivity index is 1.60. The van der Waals surface area contributed by atoms with Crippen LogP contribution in [0.3, 0.4) is 0 Å². The number of aryl methyl sites for hydroxylation is 1. The molecule has 0 saturated carbocycles. The maximum Gasteiger partial charge on any atom is 0.546 e. The minimum absolute atomic E-state index is 0.0622. The fourth-order valence-electron chi connectivity index (χ4n) is 2.72. The highest BCUT2D eigenvalue weighted by Crippen LogP contribution is 2.25. The zero-order valence-corrected chi connectivity index (χ0v) is 18.4. The van der Waals surface area contributed by atoms with Gasteiger partial charge in [-0.1, -0.05) is 0 Å². The van der Waals surface area contributed by atoms with E-state index < -0.39 is 24.2 Å². The van der Waals surface area contributed by atoms with Crippen LogP contribution in [0.1, 0.15) is 26.3 Å². The molecule has 3 aromatic carbocycles. The second-order valence-corrected chi connectivity index (χ2v) is 6.73. The van der Waals surface area contributed by atoms with E-state index in [4.69, 9.17) is 19.3 Å². The molecule has 0 fully saturated rings. The molecule has 0 aromatic heterocycles. The van der Waals surface area contributed by atoms with E-state index in [9.17, 15) is 19.2 Å². The van der Waals surface area contributed by atoms with Gasteiger partial charge in [-0.15, -0.1) is 0 Å². The van der Waals surface area contributed by atoms with Gasteiger partial charge in [0.2, 0.25) is 0 Å². The van der Waals surface area contributed by atoms with Gasteiger partial charge in [-0.3, -0.25) is 4.89 Å². The molecule has 0 spiro atoms. The molecule has 11 nitrogen and oxygen atoms in total. The molecule has 3 rings (SSSR count). The Kier molecular flexibility index (Phi) is 7.98. The average Bonchev–Trinajstić information content (AvgIpc) is 2.81. The summed E-state index contributed by atoms with van der Waals surface area (Å²) < 4.78 is 20.0. The van der Waals surface area contributed by atoms with Crippen LogP contribution in [-0.2, 0) is 9.78 Å². The molecule has 0 aliphatic carbocycles. The van der Waals surface area contributed by atoms with Crippen LogP contribution < -0.4 is 18.9 Å². The Morgan fingerprint density at radius 1 is 0.657 bits per heavy atom. The summed E-state index contributed by atoms with van der Waals surface area (Å²) in [6.07, 6.45) is -2.53. The summed E-state index contributed by atoms with van der Waals surface area (Å²) in [5, 5.41) is 8.60. The lowest BCUT2D eigenvalue weighted by Crippen LogP contribution is -2.11. The van der Waals surface area contributed by atoms with E-state index >= 15 is 0 Å². The predicted octanol–water partition coefficient (Wildman–Crippen LogP) is 4.57. The van der Waals surface area contributed by atoms with Crippen molar-refractivity contribution in [3.63, 3.8) is 0 Å². The second kappa shape index (κ2) is 11.3. The van der Waals surface area contributed by atoms with Crippen molar-refractivity contribution in [2.24, 2.45) is 0 Å². The molecule has 0 aliphatic rings. The number of esters is 2. The number of hydrogen-bond donors (Lipinski definition) is 1. The van der Waals surface area contributed by atoms with Gasteiger partial charge in [0.15, 0.2) is 0 Å². The number of carbonyl (C=O) groups excluding carboxylic acids is 3. The smallest absolute Gasteiger partial charge is 0.449 e. The topological polar surface area (TPSA) is 144 Å². The van der Waals surface area contributed by atoms with Crippen molar-refractivity contribution in [1.82, 2.24) is 0 Å². The first-order chi connectivity index (χ1) is 16.7. The van der Waals surface area contributed by atoms with Gasteiger partial charge in [0.05, 0.1) is 18.2 Å². The van der Waals surface area contributed by atoms with E-state index in [1.807, 2.05) is 0 Å². The van der Waals surface area contributed by atoms with E-state index in [2.05, 4.69) is 14.5 Å². The summed E-state index contributed by atoms with van der Waals surface area (Å²) in [7, 11) is 1.15. The van der Waals surface area contributed by atoms with Gasteiger partial charge >= 0.3 is 24.2 Å². The molecule has 0 radical (unpaired) electrons. The molecular weight excluding hydrogens is 464 g/mol. The highest BCUT2D eigenvalue weighted by atomic mass is 17.2. The fraction of sp³-hybridized carbons (Fsp3) is 0.0833. The Bertz CT molecular complexity index is 1230. The molecule has 0 saturated heterocycles. The molecular formula is C24H18O11. The van der Waals surface area contributed by atoms with Crippen molar-refractivity contribution in [2.75, 3.05) is 7.11 Å². The summed E-state index contributed by atoms with van der Waals surface area (Å²) >= 11 is 0. The first kappa shape index (κ1) is 24.7. The maximum absolute atomic E-state index is 12.4. The van der Waals surface area contributed by atoms with Gasteiger partial charge in [-0.25, -0.2) is 19.2 Å². The van der Waals surface area contributed by atoms with Crippen molar-refractivity contribution in [3.05, 3.63) is 83.4 Å². The lowest BCUT2D eigenvalue weighted by molar-refractivity contribution is -0.224. The lowest BCUT2D eigenvalue weighted by atomic mass is 10.2. The van der Waals surface area contributed by atoms with E-state index in [0.717, 1.165) is 7.11 Å². The predicted molar refractivity (Wildman–Crippen MR) is 117 cm³/mol. The second-order valence-electron chi connectivity index (χ2n) is 6.73. The Morgan fingerprint density at radius 2 is 1.17 bits per heavy atom. The van der Waals surface area contributed by atoms with Crippen LogP contribution in [0.4, 0.5) is 9.59 Å². The van der Waals surface area contributed by atoms with Gasteiger partial charge in [0, 0.05) is 0 Å². The van der Waals surface area contributed by atoms with Gasteiger partial charge in [-0.05, 0) is 79.2 Å². The normalized spacial score (nSPS) is 10.1. The number of ether oxygens (including phenoxy) is 4. The van der Waals surface area contributed by atoms with E-state index in [0.29, 0.717) is 5.56 Å². The van der Waals surface area contributed by atoms with Crippen molar-refractivity contribution in [2.45, 2.75) is 6.92 Å². The summed E-state index contributed by atoms with van der Waals surface area (Å²) in [6.45, 7) is 1.66. The summed E-state index contributed by atoms with van der Waals surface area (Å²) in [6, 6.07) is 15.4. The van der Waals surface area contributed by atoms with Crippen LogP contribution in [0.5, 0.6) is 23.0 Å². The largest absolute Gasteiger partial charge is 0.546 e. The molecule has 0 bridgehead atoms. The number of carboxylic acid groups (broad SMARTS) is 1. The van der Waals surface area contributed by atoms with Crippen LogP contribution in [-0.4, -0.2) is 36.5 Å². The van der Waals surface area contributed by atoms with E-state index in [1.54, 1.807) is 6.92 Å². The van der Waals surface area contributed by atoms with Crippen LogP contribution in [0.2, 0.25) is 0 Å². The standard InChI is InChI=1S/C24H18O11/c1-14-13-19(31-21(25)15-5-9-18(10-6-15)33-24(29)35-30-2)11-12-20(14)34-22(26)16-3-7-17(8-4-16)32-23(27)28/h3-13H,1-2H3,(H,27,28). The zero-order valence-electron chi connectivity index (χ0n) is 18.4. The Labute approximate surface area is 198 Å². The molecule has 0 heterocycles. The Morgan fingerprint density at radius 3 is 1.69 bits per heavy atom. The SMILES string of the molecule is COOC(=O)Oc1ccc(C(=O)Oc2ccc(OC(=O)c3ccc(OC(=O)O)cc3)c(C)c2)cc1. The Hall–Kier alpha value is -4.90. The van der Waals surface area contributed by atoms with Crippen molar-refractivity contribution >= 4 is 24.2 Å². The van der Waals surface area contributed by atoms with Gasteiger partial charge < -0.3 is 24.1 Å². The van der Waals surface area contributed by atoms with E-state index in [1.165, 1.54) is 66.7 Å². The third-order valence-electron chi connectivity index (χ3n) is 4.30. The molecule has 180 valence electrons. The fourth-order valence-corrected chi connectivity index (χ4v) is 2.72. The molecule has 0 unspecified atom stereocenters. The minimum Gasteiger partial charge on any atom is -0.449 e. The van der Waals surface area contributed by atoms with Crippen molar-refractivity contribution in [3.8, 4) is 23.0 Å². The van der Waals surface area contributed by atoms with Crippen molar-refractivity contribution in [1.29, 1.82) is 0 Å². The first-order valence-electron chi connectivity index (χ1n) is 9.83. The third-order valence-corrected chi connectivity index (χ3v) is 4.30. The van der Waals surface area contributed by atoms with Gasteiger partial charge in [0.25, 0.3) is 0 Å². The van der Waals surface area contributed by atoms with Gasteiger partial charge in [0.1, 0.15) is 23.0 Å². The first-order valence-corrected chi connectivity index (χ1v) is 9.83. The number of rotatable bonds is 7. The number of hydrogen-bond acceptors (Lipinski definition) is 10. The molecule has 0 atom stereocenters. The zero-order chi connectivity index (χ0) is 25.4. The van der Waals surface area contributed by atoms with Crippen LogP contribution in [0.25, 0.3) is 0 Å². The quantitative estimate of drug-likeness (QED) is 0.166. The highest BCUT2D eigenvalue weighted by Gasteiger charge is 2.14. The number of carbonyl (C=O) groups is 4. The van der Waals surface area contributed by atoms with Crippen molar-refractivity contribution < 1.29 is 53.0 Å². The van der Waals surface area contributed by atoms with Crippen LogP contribution in [0, 0.1) is 6.92 Å². The van der Waals surface area contributed by atoms with E-state index in [-0.39, 0.29) is 34.1 Å². The molecule has 1 N–H and O–H groups in total. The average molecular weight is 482 g/mol. The highest BCUT2D eigenvalue weighted by molar-refractivity contribution is 5.92. The third kappa shape index (κ3) is 7.04. The van der Waals surface area contributed by atoms with Crippen LogP contribution in [0.15, 0.2) is 66.7 Å².